The Morgan fingerprint density at radius 2 is 2.33 bits per heavy atom. The quantitative estimate of drug-likeness (QED) is 0.288. The molecule has 0 aromatic heterocycles. The Morgan fingerprint density at radius 3 is 3.00 bits per heavy atom. The first kappa shape index (κ1) is 11.4. The van der Waals surface area contributed by atoms with Gasteiger partial charge in [-0.1, -0.05) is 17.0 Å². The van der Waals surface area contributed by atoms with Gasteiger partial charge in [0.1, 0.15) is 5.75 Å². The molecule has 1 aromatic carbocycles. The molecule has 0 aliphatic rings. The number of rotatable bonds is 2. The van der Waals surface area contributed by atoms with E-state index in [2.05, 4.69) is 37.8 Å². The van der Waals surface area contributed by atoms with Crippen LogP contribution in [-0.4, -0.2) is 11.7 Å². The number of hydrogen-bond acceptors (Lipinski definition) is 2. The minimum Gasteiger partial charge on any atom is -0.507 e. The molecule has 0 fully saturated rings. The maximum atomic E-state index is 9.24. The van der Waals surface area contributed by atoms with Gasteiger partial charge in [-0.25, -0.2) is 0 Å². The first-order valence-corrected chi connectivity index (χ1v) is 5.01. The number of phenolic OH excluding ortho intramolecular Hbond substituents is 1. The molecule has 0 unspecified atom stereocenters. The predicted molar refractivity (Wildman–Crippen MR) is 61.3 cm³/mol. The number of azide groups is 1. The van der Waals surface area contributed by atoms with Crippen molar-refractivity contribution in [3.8, 4) is 17.6 Å². The van der Waals surface area contributed by atoms with Gasteiger partial charge in [0, 0.05) is 23.4 Å². The van der Waals surface area contributed by atoms with E-state index in [-0.39, 0.29) is 5.75 Å². The van der Waals surface area contributed by atoms with E-state index in [0.29, 0.717) is 17.4 Å². The average molecular weight is 266 g/mol. The zero-order valence-corrected chi connectivity index (χ0v) is 9.40. The molecule has 0 aliphatic heterocycles. The molecule has 4 nitrogen and oxygen atoms in total. The van der Waals surface area contributed by atoms with Crippen LogP contribution in [0.1, 0.15) is 12.0 Å². The number of benzene rings is 1. The monoisotopic (exact) mass is 265 g/mol. The van der Waals surface area contributed by atoms with E-state index >= 15 is 0 Å². The van der Waals surface area contributed by atoms with Crippen molar-refractivity contribution in [3.05, 3.63) is 38.7 Å². The van der Waals surface area contributed by atoms with E-state index in [1.54, 1.807) is 18.2 Å². The highest BCUT2D eigenvalue weighted by Gasteiger charge is 1.96. The SMILES string of the molecule is [N-]=[N+]=NCCC#Cc1ccc(O)c(Br)c1. The zero-order valence-electron chi connectivity index (χ0n) is 7.81. The van der Waals surface area contributed by atoms with Gasteiger partial charge in [-0.2, -0.15) is 0 Å². The summed E-state index contributed by atoms with van der Waals surface area (Å²) in [5.74, 6) is 5.95. The molecule has 0 amide bonds. The summed E-state index contributed by atoms with van der Waals surface area (Å²) in [5.41, 5.74) is 8.83. The van der Waals surface area contributed by atoms with Gasteiger partial charge in [0.05, 0.1) is 4.47 Å². The Kier molecular flexibility index (Phi) is 4.55. The fourth-order valence-corrected chi connectivity index (χ4v) is 1.28. The van der Waals surface area contributed by atoms with Crippen LogP contribution in [0.25, 0.3) is 10.4 Å². The summed E-state index contributed by atoms with van der Waals surface area (Å²) < 4.78 is 0.615. The van der Waals surface area contributed by atoms with Crippen LogP contribution in [-0.2, 0) is 0 Å². The van der Waals surface area contributed by atoms with Crippen molar-refractivity contribution < 1.29 is 5.11 Å². The van der Waals surface area contributed by atoms with Gasteiger partial charge in [-0.3, -0.25) is 0 Å². The molecule has 0 heterocycles. The molecule has 0 spiro atoms. The molecule has 0 saturated heterocycles. The third-order valence-electron chi connectivity index (χ3n) is 1.58. The number of halogens is 1. The smallest absolute Gasteiger partial charge is 0.129 e. The van der Waals surface area contributed by atoms with Crippen LogP contribution in [0.3, 0.4) is 0 Å². The molecule has 5 heteroatoms. The maximum Gasteiger partial charge on any atom is 0.129 e. The van der Waals surface area contributed by atoms with Gasteiger partial charge >= 0.3 is 0 Å². The van der Waals surface area contributed by atoms with E-state index in [1.165, 1.54) is 0 Å². The Hall–Kier alpha value is -1.63. The Morgan fingerprint density at radius 1 is 1.53 bits per heavy atom. The largest absolute Gasteiger partial charge is 0.507 e. The third-order valence-corrected chi connectivity index (χ3v) is 2.22. The van der Waals surface area contributed by atoms with Gasteiger partial charge in [0.2, 0.25) is 0 Å². The summed E-state index contributed by atoms with van der Waals surface area (Å²) in [7, 11) is 0. The van der Waals surface area contributed by atoms with Gasteiger partial charge < -0.3 is 5.11 Å². The highest BCUT2D eigenvalue weighted by molar-refractivity contribution is 9.10. The van der Waals surface area contributed by atoms with E-state index in [9.17, 15) is 5.11 Å². The molecule has 15 heavy (non-hydrogen) atoms. The summed E-state index contributed by atoms with van der Waals surface area (Å²) in [5, 5.41) is 12.6. The second kappa shape index (κ2) is 5.97. The summed E-state index contributed by atoms with van der Waals surface area (Å²) in [6, 6.07) is 5.03. The first-order valence-electron chi connectivity index (χ1n) is 4.22. The van der Waals surface area contributed by atoms with Crippen LogP contribution in [0, 0.1) is 11.8 Å². The number of phenols is 1. The van der Waals surface area contributed by atoms with Crippen molar-refractivity contribution in [2.24, 2.45) is 5.11 Å². The molecule has 0 bridgehead atoms. The number of hydrogen-bond donors (Lipinski definition) is 1. The zero-order chi connectivity index (χ0) is 11.1. The van der Waals surface area contributed by atoms with Crippen molar-refractivity contribution in [1.82, 2.24) is 0 Å². The van der Waals surface area contributed by atoms with Crippen molar-refractivity contribution in [1.29, 1.82) is 0 Å². The molecule has 0 atom stereocenters. The minimum atomic E-state index is 0.189. The average Bonchev–Trinajstić information content (AvgIpc) is 2.23. The Balaban J connectivity index is 2.64. The Bertz CT molecular complexity index is 455. The Labute approximate surface area is 95.7 Å². The van der Waals surface area contributed by atoms with E-state index in [4.69, 9.17) is 5.53 Å². The molecule has 0 aliphatic carbocycles. The normalized spacial score (nSPS) is 8.60. The molecule has 1 rings (SSSR count). The lowest BCUT2D eigenvalue weighted by Crippen LogP contribution is -1.77. The third kappa shape index (κ3) is 3.94. The summed E-state index contributed by atoms with van der Waals surface area (Å²) in [4.78, 5) is 2.62. The van der Waals surface area contributed by atoms with Crippen LogP contribution in [0.5, 0.6) is 5.75 Å². The number of aromatic hydroxyl groups is 1. The summed E-state index contributed by atoms with van der Waals surface area (Å²) in [6.07, 6.45) is 0.530. The van der Waals surface area contributed by atoms with Crippen molar-refractivity contribution in [2.45, 2.75) is 6.42 Å². The van der Waals surface area contributed by atoms with E-state index < -0.39 is 0 Å². The second-order valence-electron chi connectivity index (χ2n) is 2.67. The van der Waals surface area contributed by atoms with Crippen LogP contribution < -0.4 is 0 Å². The summed E-state index contributed by atoms with van der Waals surface area (Å²) in [6.45, 7) is 0.378. The molecule has 0 saturated carbocycles. The van der Waals surface area contributed by atoms with Gasteiger partial charge in [-0.05, 0) is 39.7 Å². The van der Waals surface area contributed by atoms with Crippen LogP contribution in [0.15, 0.2) is 27.8 Å². The molecular formula is C10H8BrN3O. The van der Waals surface area contributed by atoms with Crippen LogP contribution >= 0.6 is 15.9 Å². The predicted octanol–water partition coefficient (Wildman–Crippen LogP) is 3.21. The lowest BCUT2D eigenvalue weighted by Gasteiger charge is -1.95. The lowest BCUT2D eigenvalue weighted by molar-refractivity contribution is 0.472. The van der Waals surface area contributed by atoms with Crippen molar-refractivity contribution in [3.63, 3.8) is 0 Å². The van der Waals surface area contributed by atoms with Crippen LogP contribution in [0.4, 0.5) is 0 Å². The highest BCUT2D eigenvalue weighted by atomic mass is 79.9. The van der Waals surface area contributed by atoms with Gasteiger partial charge in [0.15, 0.2) is 0 Å². The topological polar surface area (TPSA) is 69.0 Å². The van der Waals surface area contributed by atoms with E-state index in [1.807, 2.05) is 0 Å². The van der Waals surface area contributed by atoms with Crippen LogP contribution in [0.2, 0.25) is 0 Å². The second-order valence-corrected chi connectivity index (χ2v) is 3.53. The molecule has 0 radical (unpaired) electrons. The van der Waals surface area contributed by atoms with Gasteiger partial charge in [0.25, 0.3) is 0 Å². The highest BCUT2D eigenvalue weighted by Crippen LogP contribution is 2.23. The molecular weight excluding hydrogens is 258 g/mol. The van der Waals surface area contributed by atoms with E-state index in [0.717, 1.165) is 5.56 Å². The molecule has 1 aromatic rings. The molecule has 1 N–H and O–H groups in total. The minimum absolute atomic E-state index is 0.189. The lowest BCUT2D eigenvalue weighted by atomic mass is 10.2. The van der Waals surface area contributed by atoms with Gasteiger partial charge in [-0.15, -0.1) is 0 Å². The fraction of sp³-hybridized carbons (Fsp3) is 0.200. The fourth-order valence-electron chi connectivity index (χ4n) is 0.900. The number of nitrogens with zero attached hydrogens (tertiary/aromatic N) is 3. The first-order chi connectivity index (χ1) is 7.24. The standard InChI is InChI=1S/C10H8BrN3O/c11-9-7-8(4-5-10(9)15)3-1-2-6-13-14-12/h4-5,7,15H,2,6H2. The maximum absolute atomic E-state index is 9.24. The van der Waals surface area contributed by atoms with Crippen molar-refractivity contribution >= 4 is 15.9 Å². The van der Waals surface area contributed by atoms with Crippen molar-refractivity contribution in [2.75, 3.05) is 6.54 Å². The summed E-state index contributed by atoms with van der Waals surface area (Å²) >= 11 is 3.20. The molecule has 76 valence electrons.